The minimum Gasteiger partial charge on any atom is -0.493 e. The quantitative estimate of drug-likeness (QED) is 0.347. The molecule has 1 N–H and O–H groups in total. The van der Waals surface area contributed by atoms with Crippen molar-refractivity contribution in [3.05, 3.63) is 40.5 Å². The van der Waals surface area contributed by atoms with Crippen LogP contribution in [-0.2, 0) is 12.8 Å². The highest BCUT2D eigenvalue weighted by Crippen LogP contribution is 2.45. The van der Waals surface area contributed by atoms with Crippen LogP contribution >= 0.6 is 11.3 Å². The van der Waals surface area contributed by atoms with E-state index in [0.717, 1.165) is 40.2 Å². The number of aromatic nitrogens is 2. The summed E-state index contributed by atoms with van der Waals surface area (Å²) >= 11 is 1.80. The van der Waals surface area contributed by atoms with Crippen LogP contribution < -0.4 is 14.9 Å². The van der Waals surface area contributed by atoms with Crippen molar-refractivity contribution in [1.29, 1.82) is 0 Å². The minimum absolute atomic E-state index is 0.331. The molecule has 2 aromatic heterocycles. The summed E-state index contributed by atoms with van der Waals surface area (Å²) < 4.78 is 10.8. The van der Waals surface area contributed by atoms with Crippen LogP contribution in [0.5, 0.6) is 11.5 Å². The van der Waals surface area contributed by atoms with Crippen LogP contribution in [0.2, 0.25) is 0 Å². The Morgan fingerprint density at radius 1 is 1.22 bits per heavy atom. The number of fused-ring (bicyclic) bond motifs is 3. The van der Waals surface area contributed by atoms with Gasteiger partial charge in [0, 0.05) is 10.4 Å². The largest absolute Gasteiger partial charge is 0.493 e. The number of hydrazone groups is 1. The number of rotatable bonds is 7. The van der Waals surface area contributed by atoms with Crippen LogP contribution in [0.4, 0.5) is 5.82 Å². The van der Waals surface area contributed by atoms with Crippen LogP contribution in [-0.4, -0.2) is 29.9 Å². The summed E-state index contributed by atoms with van der Waals surface area (Å²) in [6.07, 6.45) is 6.26. The van der Waals surface area contributed by atoms with E-state index in [2.05, 4.69) is 41.3 Å². The second kappa shape index (κ2) is 9.06. The molecule has 1 aliphatic rings. The average molecular weight is 453 g/mol. The fraction of sp³-hybridized carbons (Fsp3) is 0.480. The number of hydrogen-bond acceptors (Lipinski definition) is 7. The number of methoxy groups -OCH3 is 2. The molecule has 6 nitrogen and oxygen atoms in total. The molecule has 0 spiro atoms. The Hall–Kier alpha value is -2.67. The molecule has 0 saturated heterocycles. The predicted molar refractivity (Wildman–Crippen MR) is 132 cm³/mol. The first kappa shape index (κ1) is 22.5. The maximum Gasteiger partial charge on any atom is 0.161 e. The van der Waals surface area contributed by atoms with Crippen molar-refractivity contribution in [1.82, 2.24) is 9.97 Å². The minimum atomic E-state index is 0.331. The Morgan fingerprint density at radius 3 is 2.72 bits per heavy atom. The first-order valence-electron chi connectivity index (χ1n) is 11.2. The van der Waals surface area contributed by atoms with Gasteiger partial charge in [-0.1, -0.05) is 27.2 Å². The van der Waals surface area contributed by atoms with Gasteiger partial charge in [0.05, 0.1) is 25.3 Å². The molecule has 1 aromatic carbocycles. The molecule has 3 aromatic rings. The number of nitrogens with one attached hydrogen (secondary N) is 1. The zero-order valence-corrected chi connectivity index (χ0v) is 20.6. The molecule has 4 rings (SSSR count). The van der Waals surface area contributed by atoms with Gasteiger partial charge in [-0.15, -0.1) is 11.3 Å². The molecule has 0 fully saturated rings. The van der Waals surface area contributed by atoms with Gasteiger partial charge in [0.15, 0.2) is 17.3 Å². The fourth-order valence-electron chi connectivity index (χ4n) is 4.41. The summed E-state index contributed by atoms with van der Waals surface area (Å²) in [5.74, 6) is 2.83. The SMILES string of the molecule is CCC(C)(C)C1CCc2sc3ncnc(N/N=C(/C)c4ccc(OC)c(OC)c4)c3c2C1. The molecule has 7 heteroatoms. The lowest BCUT2D eigenvalue weighted by atomic mass is 9.69. The molecule has 0 bridgehead atoms. The normalized spacial score (nSPS) is 16.7. The van der Waals surface area contributed by atoms with Crippen molar-refractivity contribution in [3.8, 4) is 11.5 Å². The monoisotopic (exact) mass is 452 g/mol. The van der Waals surface area contributed by atoms with Gasteiger partial charge in [-0.05, 0) is 61.3 Å². The van der Waals surface area contributed by atoms with Crippen LogP contribution in [0.1, 0.15) is 56.5 Å². The van der Waals surface area contributed by atoms with E-state index in [4.69, 9.17) is 9.47 Å². The van der Waals surface area contributed by atoms with Crippen LogP contribution in [0.3, 0.4) is 0 Å². The van der Waals surface area contributed by atoms with Crippen molar-refractivity contribution in [3.63, 3.8) is 0 Å². The first-order valence-corrected chi connectivity index (χ1v) is 12.0. The number of anilines is 1. The van der Waals surface area contributed by atoms with E-state index in [0.29, 0.717) is 22.8 Å². The third-order valence-corrected chi connectivity index (χ3v) is 8.19. The van der Waals surface area contributed by atoms with Crippen molar-refractivity contribution >= 4 is 33.1 Å². The zero-order chi connectivity index (χ0) is 22.9. The molecule has 0 radical (unpaired) electrons. The highest BCUT2D eigenvalue weighted by atomic mass is 32.1. The third kappa shape index (κ3) is 4.18. The van der Waals surface area contributed by atoms with Gasteiger partial charge in [0.1, 0.15) is 11.2 Å². The smallest absolute Gasteiger partial charge is 0.161 e. The van der Waals surface area contributed by atoms with E-state index >= 15 is 0 Å². The van der Waals surface area contributed by atoms with Gasteiger partial charge in [-0.3, -0.25) is 5.43 Å². The Labute approximate surface area is 194 Å². The summed E-state index contributed by atoms with van der Waals surface area (Å²) in [5.41, 5.74) is 6.76. The lowest BCUT2D eigenvalue weighted by Crippen LogP contribution is -2.28. The number of aryl methyl sites for hydroxylation is 1. The highest BCUT2D eigenvalue weighted by Gasteiger charge is 2.33. The van der Waals surface area contributed by atoms with E-state index in [1.807, 2.05) is 25.1 Å². The second-order valence-corrected chi connectivity index (χ2v) is 10.2. The average Bonchev–Trinajstić information content (AvgIpc) is 3.20. The number of hydrogen-bond donors (Lipinski definition) is 1. The molecule has 1 unspecified atom stereocenters. The van der Waals surface area contributed by atoms with Crippen molar-refractivity contribution in [2.45, 2.75) is 53.4 Å². The van der Waals surface area contributed by atoms with E-state index < -0.39 is 0 Å². The second-order valence-electron chi connectivity index (χ2n) is 9.07. The lowest BCUT2D eigenvalue weighted by Gasteiger charge is -2.36. The lowest BCUT2D eigenvalue weighted by molar-refractivity contribution is 0.184. The Balaban J connectivity index is 1.65. The van der Waals surface area contributed by atoms with Crippen LogP contribution in [0, 0.1) is 11.3 Å². The molecule has 1 aliphatic carbocycles. The Morgan fingerprint density at radius 2 is 2.00 bits per heavy atom. The van der Waals surface area contributed by atoms with E-state index in [9.17, 15) is 0 Å². The molecule has 170 valence electrons. The first-order chi connectivity index (χ1) is 15.4. The van der Waals surface area contributed by atoms with E-state index in [1.54, 1.807) is 31.9 Å². The summed E-state index contributed by atoms with van der Waals surface area (Å²) in [5, 5.41) is 5.78. The Kier molecular flexibility index (Phi) is 6.38. The van der Waals surface area contributed by atoms with Gasteiger partial charge in [-0.2, -0.15) is 5.10 Å². The molecule has 0 aliphatic heterocycles. The molecule has 1 atom stereocenters. The maximum atomic E-state index is 5.43. The maximum absolute atomic E-state index is 5.43. The molecular formula is C25H32N4O2S. The number of ether oxygens (including phenoxy) is 2. The highest BCUT2D eigenvalue weighted by molar-refractivity contribution is 7.19. The molecule has 32 heavy (non-hydrogen) atoms. The van der Waals surface area contributed by atoms with Crippen molar-refractivity contribution in [2.75, 3.05) is 19.6 Å². The van der Waals surface area contributed by atoms with E-state index in [-0.39, 0.29) is 0 Å². The summed E-state index contributed by atoms with van der Waals surface area (Å²) in [4.78, 5) is 11.6. The zero-order valence-electron chi connectivity index (χ0n) is 19.8. The van der Waals surface area contributed by atoms with Crippen LogP contribution in [0.25, 0.3) is 10.2 Å². The number of thiophene rings is 1. The Bertz CT molecular complexity index is 1150. The summed E-state index contributed by atoms with van der Waals surface area (Å²) in [7, 11) is 3.27. The predicted octanol–water partition coefficient (Wildman–Crippen LogP) is 6.09. The summed E-state index contributed by atoms with van der Waals surface area (Å²) in [6, 6.07) is 5.79. The van der Waals surface area contributed by atoms with Crippen LogP contribution in [0.15, 0.2) is 29.6 Å². The topological polar surface area (TPSA) is 68.6 Å². The van der Waals surface area contributed by atoms with Gasteiger partial charge in [0.25, 0.3) is 0 Å². The van der Waals surface area contributed by atoms with Crippen molar-refractivity contribution < 1.29 is 9.47 Å². The van der Waals surface area contributed by atoms with Gasteiger partial charge in [0.2, 0.25) is 0 Å². The van der Waals surface area contributed by atoms with Gasteiger partial charge in [-0.25, -0.2) is 9.97 Å². The number of benzene rings is 1. The fourth-order valence-corrected chi connectivity index (χ4v) is 5.59. The molecule has 0 saturated carbocycles. The molecule has 0 amide bonds. The van der Waals surface area contributed by atoms with Gasteiger partial charge >= 0.3 is 0 Å². The third-order valence-electron chi connectivity index (χ3n) is 6.99. The summed E-state index contributed by atoms with van der Waals surface area (Å²) in [6.45, 7) is 9.05. The molecular weight excluding hydrogens is 420 g/mol. The number of nitrogens with zero attached hydrogens (tertiary/aromatic N) is 3. The van der Waals surface area contributed by atoms with Gasteiger partial charge < -0.3 is 9.47 Å². The standard InChI is InChI=1S/C25H32N4O2S/c1-7-25(3,4)17-9-11-21-18(13-17)22-23(26-14-27-24(22)32-21)29-28-15(2)16-8-10-19(30-5)20(12-16)31-6/h8,10,12,14,17H,7,9,11,13H2,1-6H3,(H,26,27,29)/b28-15-. The van der Waals surface area contributed by atoms with E-state index in [1.165, 1.54) is 23.3 Å². The van der Waals surface area contributed by atoms with Crippen molar-refractivity contribution in [2.24, 2.45) is 16.4 Å². The molecule has 2 heterocycles.